The molecule has 0 heterocycles. The molecule has 3 rings (SSSR count). The molecule has 3 aromatic carbocycles. The quantitative estimate of drug-likeness (QED) is 0.0509. The highest BCUT2D eigenvalue weighted by molar-refractivity contribution is 5.35. The molecule has 0 aliphatic carbocycles. The summed E-state index contributed by atoms with van der Waals surface area (Å²) < 4.78 is 90.1. The highest BCUT2D eigenvalue weighted by Crippen LogP contribution is 2.35. The second-order valence-corrected chi connectivity index (χ2v) is 24.2. The van der Waals surface area contributed by atoms with E-state index in [1.54, 1.807) is 0 Å². The first-order chi connectivity index (χ1) is 41.4. The van der Waals surface area contributed by atoms with Crippen molar-refractivity contribution < 1.29 is 86.0 Å². The van der Waals surface area contributed by atoms with Gasteiger partial charge in [0.2, 0.25) is 0 Å². The minimum absolute atomic E-state index is 0.149. The van der Waals surface area contributed by atoms with Crippen molar-refractivity contribution in [3.63, 3.8) is 0 Å². The average Bonchev–Trinajstić information content (AvgIpc) is 2.38. The maximum atomic E-state index is 11.3. The van der Waals surface area contributed by atoms with E-state index in [0.717, 1.165) is 22.3 Å². The standard InChI is InChI=1S/C68H114O18/c1-65(2,3)59-18-14-57(15-19-59)55-85-52-50-83-48-46-81-44-42-79-40-38-77-36-34-75-32-30-73-28-26-71-24-22-63(69)67(7,8)61-12-11-13-62(54-61)68(9,10)64(70)23-25-72-27-29-74-31-33-76-35-37-78-39-41-80-43-45-82-47-49-84-51-53-86-56-58-16-20-60(21-17-58)66(4,5)6/h11-21,54,63-64,69-70H,22-53,55-56H2,1-10H3. The second-order valence-electron chi connectivity index (χ2n) is 24.2. The highest BCUT2D eigenvalue weighted by Gasteiger charge is 2.34. The van der Waals surface area contributed by atoms with E-state index in [-0.39, 0.29) is 10.8 Å². The van der Waals surface area contributed by atoms with Crippen molar-refractivity contribution in [2.45, 2.75) is 129 Å². The van der Waals surface area contributed by atoms with Crippen LogP contribution in [-0.2, 0) is 111 Å². The van der Waals surface area contributed by atoms with Gasteiger partial charge >= 0.3 is 0 Å². The molecule has 0 fully saturated rings. The summed E-state index contributed by atoms with van der Waals surface area (Å²) in [5.74, 6) is 0. The van der Waals surface area contributed by atoms with Crippen molar-refractivity contribution in [2.75, 3.05) is 198 Å². The maximum Gasteiger partial charge on any atom is 0.0718 e. The summed E-state index contributed by atoms with van der Waals surface area (Å²) in [6.07, 6.45) is -0.346. The fraction of sp³-hybridized carbons (Fsp3) is 0.735. The van der Waals surface area contributed by atoms with Crippen LogP contribution in [-0.4, -0.2) is 221 Å². The fourth-order valence-electron chi connectivity index (χ4n) is 8.48. The topological polar surface area (TPSA) is 188 Å². The highest BCUT2D eigenvalue weighted by atomic mass is 16.6. The molecule has 86 heavy (non-hydrogen) atoms. The van der Waals surface area contributed by atoms with Gasteiger partial charge in [-0.05, 0) is 57.1 Å². The van der Waals surface area contributed by atoms with Gasteiger partial charge in [0.15, 0.2) is 0 Å². The van der Waals surface area contributed by atoms with E-state index in [1.165, 1.54) is 11.1 Å². The number of ether oxygens (including phenoxy) is 16. The molecule has 0 aromatic heterocycles. The van der Waals surface area contributed by atoms with Gasteiger partial charge in [-0.25, -0.2) is 0 Å². The molecule has 0 spiro atoms. The molecule has 0 aliphatic rings. The zero-order valence-corrected chi connectivity index (χ0v) is 54.6. The Balaban J connectivity index is 1.04. The number of aliphatic hydroxyl groups excluding tert-OH is 2. The molecule has 2 atom stereocenters. The third kappa shape index (κ3) is 36.6. The molecular formula is C68H114O18. The normalized spacial score (nSPS) is 13.3. The molecule has 18 heteroatoms. The number of benzene rings is 3. The predicted octanol–water partition coefficient (Wildman–Crippen LogP) is 9.00. The Hall–Kier alpha value is -3.06. The van der Waals surface area contributed by atoms with Gasteiger partial charge in [-0.2, -0.15) is 0 Å². The lowest BCUT2D eigenvalue weighted by atomic mass is 9.73. The Labute approximate surface area is 517 Å². The SMILES string of the molecule is CC(C)(C)c1ccc(COCCOCCOCCOCCOCCOCCOCCOCCC(O)C(C)(C)c2cccc(C(C)(C)C(O)CCOCCOCCOCCOCCOCCOCCOCCOCc3ccc(C(C)(C)C)cc3)c2)cc1. The van der Waals surface area contributed by atoms with Crippen molar-refractivity contribution >= 4 is 0 Å². The Morgan fingerprint density at radius 1 is 0.256 bits per heavy atom. The van der Waals surface area contributed by atoms with Gasteiger partial charge in [0, 0.05) is 24.0 Å². The molecule has 494 valence electrons. The van der Waals surface area contributed by atoms with Crippen molar-refractivity contribution in [3.05, 3.63) is 106 Å². The van der Waals surface area contributed by atoms with Crippen LogP contribution in [0.5, 0.6) is 0 Å². The molecule has 0 bridgehead atoms. The number of hydrogen-bond donors (Lipinski definition) is 2. The van der Waals surface area contributed by atoms with Gasteiger partial charge in [0.25, 0.3) is 0 Å². The minimum Gasteiger partial charge on any atom is -0.392 e. The monoisotopic (exact) mass is 1220 g/mol. The molecule has 2 unspecified atom stereocenters. The van der Waals surface area contributed by atoms with Gasteiger partial charge in [-0.3, -0.25) is 0 Å². The molecule has 18 nitrogen and oxygen atoms in total. The van der Waals surface area contributed by atoms with E-state index in [9.17, 15) is 10.2 Å². The Morgan fingerprint density at radius 3 is 0.663 bits per heavy atom. The first-order valence-corrected chi connectivity index (χ1v) is 31.3. The Morgan fingerprint density at radius 2 is 0.453 bits per heavy atom. The van der Waals surface area contributed by atoms with Crippen molar-refractivity contribution in [2.24, 2.45) is 0 Å². The van der Waals surface area contributed by atoms with E-state index in [2.05, 4.69) is 96.1 Å². The van der Waals surface area contributed by atoms with Gasteiger partial charge in [-0.15, -0.1) is 0 Å². The van der Waals surface area contributed by atoms with Crippen LogP contribution < -0.4 is 0 Å². The van der Waals surface area contributed by atoms with E-state index >= 15 is 0 Å². The van der Waals surface area contributed by atoms with Crippen LogP contribution in [0.25, 0.3) is 0 Å². The first kappa shape index (κ1) is 77.2. The molecular weight excluding hydrogens is 1100 g/mol. The fourth-order valence-corrected chi connectivity index (χ4v) is 8.48. The summed E-state index contributed by atoms with van der Waals surface area (Å²) in [6, 6.07) is 25.3. The summed E-state index contributed by atoms with van der Waals surface area (Å²) in [4.78, 5) is 0. The van der Waals surface area contributed by atoms with Crippen LogP contribution in [0.4, 0.5) is 0 Å². The van der Waals surface area contributed by atoms with Crippen LogP contribution in [0, 0.1) is 0 Å². The molecule has 2 N–H and O–H groups in total. The van der Waals surface area contributed by atoms with Crippen molar-refractivity contribution in [1.82, 2.24) is 0 Å². The van der Waals surface area contributed by atoms with Crippen LogP contribution >= 0.6 is 0 Å². The zero-order valence-electron chi connectivity index (χ0n) is 54.6. The van der Waals surface area contributed by atoms with E-state index in [0.29, 0.717) is 224 Å². The summed E-state index contributed by atoms with van der Waals surface area (Å²) >= 11 is 0. The second kappa shape index (κ2) is 46.9. The number of hydrogen-bond acceptors (Lipinski definition) is 18. The third-order valence-corrected chi connectivity index (χ3v) is 14.5. The van der Waals surface area contributed by atoms with E-state index in [4.69, 9.17) is 75.8 Å². The lowest BCUT2D eigenvalue weighted by Gasteiger charge is -2.35. The summed E-state index contributed by atoms with van der Waals surface area (Å²) in [5, 5.41) is 22.5. The Bertz CT molecular complexity index is 1900. The smallest absolute Gasteiger partial charge is 0.0718 e. The van der Waals surface area contributed by atoms with Crippen molar-refractivity contribution in [1.29, 1.82) is 0 Å². The van der Waals surface area contributed by atoms with Crippen molar-refractivity contribution in [3.8, 4) is 0 Å². The number of aliphatic hydroxyl groups is 2. The molecule has 0 amide bonds. The Kier molecular flexibility index (Phi) is 42.1. The zero-order chi connectivity index (χ0) is 62.5. The molecule has 0 aliphatic heterocycles. The largest absolute Gasteiger partial charge is 0.392 e. The summed E-state index contributed by atoms with van der Waals surface area (Å²) in [7, 11) is 0. The van der Waals surface area contributed by atoms with Gasteiger partial charge in [0.1, 0.15) is 0 Å². The lowest BCUT2D eigenvalue weighted by molar-refractivity contribution is -0.0248. The molecule has 0 saturated carbocycles. The number of rotatable bonds is 56. The predicted molar refractivity (Wildman–Crippen MR) is 335 cm³/mol. The van der Waals surface area contributed by atoms with Gasteiger partial charge in [0.05, 0.1) is 210 Å². The van der Waals surface area contributed by atoms with Crippen LogP contribution in [0.2, 0.25) is 0 Å². The summed E-state index contributed by atoms with van der Waals surface area (Å²) in [6.45, 7) is 36.9. The van der Waals surface area contributed by atoms with E-state index in [1.807, 2.05) is 45.9 Å². The van der Waals surface area contributed by atoms with Crippen LogP contribution in [0.1, 0.15) is 115 Å². The third-order valence-electron chi connectivity index (χ3n) is 14.5. The molecule has 0 radical (unpaired) electrons. The maximum absolute atomic E-state index is 11.3. The summed E-state index contributed by atoms with van der Waals surface area (Å²) in [5.41, 5.74) is 6.15. The van der Waals surface area contributed by atoms with Crippen LogP contribution in [0.15, 0.2) is 72.8 Å². The van der Waals surface area contributed by atoms with Crippen LogP contribution in [0.3, 0.4) is 0 Å². The average molecular weight is 1220 g/mol. The first-order valence-electron chi connectivity index (χ1n) is 31.3. The van der Waals surface area contributed by atoms with Gasteiger partial charge in [-0.1, -0.05) is 142 Å². The van der Waals surface area contributed by atoms with Gasteiger partial charge < -0.3 is 86.0 Å². The molecule has 3 aromatic rings. The van der Waals surface area contributed by atoms with E-state index < -0.39 is 23.0 Å². The molecule has 0 saturated heterocycles. The lowest BCUT2D eigenvalue weighted by Crippen LogP contribution is -2.37. The minimum atomic E-state index is -0.641.